The molecule has 0 unspecified atom stereocenters. The van der Waals surface area contributed by atoms with Crippen molar-refractivity contribution in [1.82, 2.24) is 44.9 Å². The number of nitrogens with two attached hydrogens (primary N) is 1. The van der Waals surface area contributed by atoms with E-state index < -0.39 is 0 Å². The van der Waals surface area contributed by atoms with E-state index in [-0.39, 0.29) is 15.9 Å². The van der Waals surface area contributed by atoms with Crippen molar-refractivity contribution in [2.45, 2.75) is 114 Å². The molecule has 15 heteroatoms. The summed E-state index contributed by atoms with van der Waals surface area (Å²) in [5.74, 6) is 4.42. The highest BCUT2D eigenvalue weighted by atomic mass is 35.5. The van der Waals surface area contributed by atoms with Crippen molar-refractivity contribution >= 4 is 46.7 Å². The van der Waals surface area contributed by atoms with Gasteiger partial charge in [0, 0.05) is 38.8 Å². The van der Waals surface area contributed by atoms with Gasteiger partial charge in [0.25, 0.3) is 0 Å². The fourth-order valence-electron chi connectivity index (χ4n) is 2.67. The van der Waals surface area contributed by atoms with Crippen LogP contribution in [0.1, 0.15) is 111 Å². The van der Waals surface area contributed by atoms with E-state index in [1.54, 1.807) is 0 Å². The highest BCUT2D eigenvalue weighted by molar-refractivity contribution is 6.31. The van der Waals surface area contributed by atoms with Crippen LogP contribution in [0.15, 0.2) is 0 Å². The predicted octanol–water partition coefficient (Wildman–Crippen LogP) is 7.24. The summed E-state index contributed by atoms with van der Waals surface area (Å²) in [6, 6.07) is 0. The van der Waals surface area contributed by atoms with E-state index in [0.29, 0.717) is 18.2 Å². The van der Waals surface area contributed by atoms with Crippen LogP contribution in [0.3, 0.4) is 0 Å². The molecule has 0 radical (unpaired) electrons. The Balaban J connectivity index is 0. The Hall–Kier alpha value is -2.54. The maximum Gasteiger partial charge on any atom is 0.227 e. The number of nitrogens with one attached hydrogen (secondary N) is 2. The molecule has 250 valence electrons. The first-order valence-electron chi connectivity index (χ1n) is 15.5. The summed E-state index contributed by atoms with van der Waals surface area (Å²) in [4.78, 5) is 36.4. The number of rotatable bonds is 11. The Bertz CT molecular complexity index is 1100. The maximum absolute atomic E-state index is 5.71. The molecule has 12 nitrogen and oxygen atoms in total. The molecule has 3 rings (SSSR count). The van der Waals surface area contributed by atoms with Gasteiger partial charge in [-0.2, -0.15) is 24.9 Å². The highest BCUT2D eigenvalue weighted by Crippen LogP contribution is 2.07. The summed E-state index contributed by atoms with van der Waals surface area (Å²) in [6.45, 7) is 21.0. The SMILES string of the molecule is CCC.CCCNc1nc(CC)nc(CCC)n1.CCCNc1nc(Cl)nc(CC)n1.CCN.CCc1nc(Cl)nc(Cl)n1. The van der Waals surface area contributed by atoms with E-state index in [2.05, 4.69) is 97.0 Å². The summed E-state index contributed by atoms with van der Waals surface area (Å²) >= 11 is 16.7. The van der Waals surface area contributed by atoms with Gasteiger partial charge in [0.1, 0.15) is 23.3 Å². The lowest BCUT2D eigenvalue weighted by molar-refractivity contribution is 0.778. The number of aryl methyl sites for hydroxylation is 4. The first-order chi connectivity index (χ1) is 21.1. The van der Waals surface area contributed by atoms with E-state index in [9.17, 15) is 0 Å². The first kappa shape index (κ1) is 43.6. The summed E-state index contributed by atoms with van der Waals surface area (Å²) in [6.07, 6.45) is 7.70. The molecule has 0 aromatic carbocycles. The van der Waals surface area contributed by atoms with Crippen molar-refractivity contribution in [3.8, 4) is 0 Å². The molecule has 0 spiro atoms. The van der Waals surface area contributed by atoms with Crippen LogP contribution < -0.4 is 16.4 Å². The van der Waals surface area contributed by atoms with Crippen LogP contribution in [0.4, 0.5) is 11.9 Å². The molecule has 4 N–H and O–H groups in total. The third kappa shape index (κ3) is 22.9. The molecule has 3 heterocycles. The van der Waals surface area contributed by atoms with Crippen molar-refractivity contribution < 1.29 is 0 Å². The van der Waals surface area contributed by atoms with Gasteiger partial charge in [-0.1, -0.05) is 68.7 Å². The fraction of sp³-hybridized carbons (Fsp3) is 0.690. The van der Waals surface area contributed by atoms with Gasteiger partial charge in [-0.15, -0.1) is 0 Å². The van der Waals surface area contributed by atoms with Gasteiger partial charge in [-0.25, -0.2) is 19.9 Å². The zero-order valence-electron chi connectivity index (χ0n) is 28.0. The van der Waals surface area contributed by atoms with Crippen LogP contribution in [0, 0.1) is 0 Å². The minimum absolute atomic E-state index is 0.150. The zero-order valence-corrected chi connectivity index (χ0v) is 30.3. The average molecular weight is 676 g/mol. The zero-order chi connectivity index (χ0) is 33.8. The minimum atomic E-state index is 0.150. The summed E-state index contributed by atoms with van der Waals surface area (Å²) in [5, 5.41) is 6.82. The van der Waals surface area contributed by atoms with Crippen LogP contribution in [0.2, 0.25) is 15.9 Å². The molecule has 0 fully saturated rings. The molecule has 44 heavy (non-hydrogen) atoms. The lowest BCUT2D eigenvalue weighted by Gasteiger charge is -2.06. The van der Waals surface area contributed by atoms with Crippen molar-refractivity contribution in [3.05, 3.63) is 39.1 Å². The monoisotopic (exact) mass is 674 g/mol. The van der Waals surface area contributed by atoms with Gasteiger partial charge in [-0.3, -0.25) is 0 Å². The van der Waals surface area contributed by atoms with Crippen molar-refractivity contribution in [2.24, 2.45) is 5.73 Å². The van der Waals surface area contributed by atoms with Crippen LogP contribution in [0.5, 0.6) is 0 Å². The molecule has 0 aliphatic carbocycles. The molecule has 0 aliphatic heterocycles. The third-order valence-electron chi connectivity index (χ3n) is 4.50. The number of anilines is 2. The maximum atomic E-state index is 5.71. The van der Waals surface area contributed by atoms with Crippen LogP contribution in [-0.2, 0) is 25.7 Å². The van der Waals surface area contributed by atoms with Crippen molar-refractivity contribution in [1.29, 1.82) is 0 Å². The van der Waals surface area contributed by atoms with Gasteiger partial charge in [0.2, 0.25) is 27.7 Å². The largest absolute Gasteiger partial charge is 0.354 e. The highest BCUT2D eigenvalue weighted by Gasteiger charge is 2.04. The number of nitrogens with zero attached hydrogens (tertiary/aromatic N) is 9. The van der Waals surface area contributed by atoms with Crippen molar-refractivity contribution in [3.63, 3.8) is 0 Å². The summed E-state index contributed by atoms with van der Waals surface area (Å²) in [7, 11) is 0. The molecule has 0 saturated heterocycles. The Kier molecular flexibility index (Phi) is 28.9. The normalized spacial score (nSPS) is 9.57. The average Bonchev–Trinajstić information content (AvgIpc) is 2.99. The molecule has 0 bridgehead atoms. The molecule has 3 aromatic heterocycles. The quantitative estimate of drug-likeness (QED) is 0.187. The Morgan fingerprint density at radius 2 is 0.818 bits per heavy atom. The molecular formula is C29H53Cl3N12. The van der Waals surface area contributed by atoms with Crippen molar-refractivity contribution in [2.75, 3.05) is 30.3 Å². The minimum Gasteiger partial charge on any atom is -0.354 e. The van der Waals surface area contributed by atoms with Gasteiger partial charge in [0.05, 0.1) is 0 Å². The lowest BCUT2D eigenvalue weighted by Crippen LogP contribution is -2.10. The first-order valence-corrected chi connectivity index (χ1v) is 16.6. The molecule has 3 aromatic rings. The van der Waals surface area contributed by atoms with E-state index in [1.807, 2.05) is 20.8 Å². The predicted molar refractivity (Wildman–Crippen MR) is 185 cm³/mol. The molecule has 0 atom stereocenters. The lowest BCUT2D eigenvalue weighted by atomic mass is 10.3. The Morgan fingerprint density at radius 3 is 1.20 bits per heavy atom. The van der Waals surface area contributed by atoms with Gasteiger partial charge < -0.3 is 16.4 Å². The standard InChI is InChI=1S/C11H20N4.C8H13ClN4.C5H5Cl2N3.C3H8.C2H7N/c1-4-7-10-13-9(6-3)14-11(15-10)12-8-5-2;1-3-5-10-8-12-6(4-2)11-7(9)13-8;1-2-3-8-4(6)10-5(7)9-3;1-3-2;1-2-3/h4-8H2,1-3H3,(H,12,13,14,15);3-5H2,1-2H3,(H,10,11,12,13);2H2,1H3;3H2,1-2H3;2-3H2,1H3. The van der Waals surface area contributed by atoms with Crippen LogP contribution in [0.25, 0.3) is 0 Å². The topological polar surface area (TPSA) is 166 Å². The van der Waals surface area contributed by atoms with E-state index >= 15 is 0 Å². The van der Waals surface area contributed by atoms with Gasteiger partial charge in [0.15, 0.2) is 0 Å². The van der Waals surface area contributed by atoms with Crippen LogP contribution in [-0.4, -0.2) is 64.5 Å². The second-order valence-corrected chi connectivity index (χ2v) is 9.92. The molecule has 0 aliphatic rings. The smallest absolute Gasteiger partial charge is 0.227 e. The number of hydrogen-bond acceptors (Lipinski definition) is 12. The molecular weight excluding hydrogens is 623 g/mol. The van der Waals surface area contributed by atoms with E-state index in [0.717, 1.165) is 81.6 Å². The molecule has 0 amide bonds. The summed E-state index contributed by atoms with van der Waals surface area (Å²) < 4.78 is 0. The Morgan fingerprint density at radius 1 is 0.477 bits per heavy atom. The third-order valence-corrected chi connectivity index (χ3v) is 5.01. The molecule has 0 saturated carbocycles. The second-order valence-electron chi connectivity index (χ2n) is 8.91. The Labute approximate surface area is 279 Å². The second kappa shape index (κ2) is 29.2. The van der Waals surface area contributed by atoms with E-state index in [4.69, 9.17) is 40.5 Å². The number of hydrogen-bond donors (Lipinski definition) is 3. The number of halogens is 3. The van der Waals surface area contributed by atoms with Gasteiger partial charge in [-0.05, 0) is 60.6 Å². The fourth-order valence-corrected chi connectivity index (χ4v) is 3.24. The van der Waals surface area contributed by atoms with E-state index in [1.165, 1.54) is 6.42 Å². The van der Waals surface area contributed by atoms with Crippen LogP contribution >= 0.6 is 34.8 Å². The van der Waals surface area contributed by atoms with Gasteiger partial charge >= 0.3 is 0 Å². The number of aromatic nitrogens is 9. The summed E-state index contributed by atoms with van der Waals surface area (Å²) in [5.41, 5.74) is 4.85.